The molecule has 0 unspecified atom stereocenters. The van der Waals surface area contributed by atoms with Gasteiger partial charge in [-0.3, -0.25) is 14.4 Å². The summed E-state index contributed by atoms with van der Waals surface area (Å²) >= 11 is 0. The molecule has 1 saturated heterocycles. The Labute approximate surface area is 374 Å². The van der Waals surface area contributed by atoms with Crippen molar-refractivity contribution in [2.45, 2.75) is 59.1 Å². The van der Waals surface area contributed by atoms with Gasteiger partial charge in [0.1, 0.15) is 11.1 Å². The van der Waals surface area contributed by atoms with Crippen LogP contribution in [0.4, 0.5) is 11.5 Å². The highest BCUT2D eigenvalue weighted by atomic mass is 16.6. The standard InChI is InChI=1S/C45H76N6O12/c1-5-6-10-51-37-40-39-8-7-38(36-41(39)47-44(46)43(40)48-51)50-13-11-49(12-14-50)15-17-54-19-21-56-23-25-58-27-29-60-31-33-62-35-34-61-32-30-59-28-26-57-24-22-55-20-18-53-16-9-42(52)63-45(2,3)4/h7-8,36-37H,5-6,9-35H2,1-4H3,(H2,46,47). The number of pyridine rings is 1. The van der Waals surface area contributed by atoms with Gasteiger partial charge in [-0.05, 0) is 39.3 Å². The molecule has 2 N–H and O–H groups in total. The molecule has 18 heteroatoms. The highest BCUT2D eigenvalue weighted by molar-refractivity contribution is 6.08. The van der Waals surface area contributed by atoms with Crippen LogP contribution in [0.3, 0.4) is 0 Å². The molecule has 0 spiro atoms. The number of esters is 1. The van der Waals surface area contributed by atoms with Crippen LogP contribution in [0.5, 0.6) is 0 Å². The first-order valence-electron chi connectivity index (χ1n) is 22.8. The maximum Gasteiger partial charge on any atom is 0.308 e. The number of hydrogen-bond donors (Lipinski definition) is 1. The number of unbranched alkanes of at least 4 members (excludes halogenated alkanes) is 1. The molecule has 0 atom stereocenters. The van der Waals surface area contributed by atoms with Crippen LogP contribution in [0, 0.1) is 0 Å². The Kier molecular flexibility index (Phi) is 26.2. The van der Waals surface area contributed by atoms with Gasteiger partial charge in [0.2, 0.25) is 0 Å². The normalized spacial score (nSPS) is 13.8. The summed E-state index contributed by atoms with van der Waals surface area (Å²) in [5.41, 5.74) is 8.72. The number of nitrogen functional groups attached to an aromatic ring is 1. The van der Waals surface area contributed by atoms with Crippen LogP contribution in [0.2, 0.25) is 0 Å². The molecule has 0 radical (unpaired) electrons. The SMILES string of the molecule is CCCCn1cc2c(n1)c(N)nc1cc(N3CCN(CCOCCOCCOCCOCCOCCOCCOCCOCCOCCOCCC(=O)OC(C)(C)C)CC3)ccc12. The largest absolute Gasteiger partial charge is 0.460 e. The molecule has 1 aliphatic rings. The number of benzene rings is 1. The molecule has 3 heterocycles. The number of nitrogens with two attached hydrogens (primary N) is 1. The van der Waals surface area contributed by atoms with E-state index in [1.807, 2.05) is 25.5 Å². The number of ether oxygens (including phenoxy) is 11. The summed E-state index contributed by atoms with van der Waals surface area (Å²) in [6, 6.07) is 6.51. The van der Waals surface area contributed by atoms with Crippen molar-refractivity contribution < 1.29 is 56.9 Å². The third-order valence-electron chi connectivity index (χ3n) is 9.77. The average Bonchev–Trinajstić information content (AvgIpc) is 3.71. The first kappa shape index (κ1) is 52.4. The van der Waals surface area contributed by atoms with Gasteiger partial charge in [-0.25, -0.2) is 4.98 Å². The Morgan fingerprint density at radius 3 is 1.54 bits per heavy atom. The van der Waals surface area contributed by atoms with Gasteiger partial charge in [0, 0.05) is 61.9 Å². The second-order valence-electron chi connectivity index (χ2n) is 16.0. The molecule has 63 heavy (non-hydrogen) atoms. The monoisotopic (exact) mass is 893 g/mol. The molecule has 0 saturated carbocycles. The van der Waals surface area contributed by atoms with Crippen molar-refractivity contribution in [1.29, 1.82) is 0 Å². The van der Waals surface area contributed by atoms with E-state index in [0.29, 0.717) is 138 Å². The van der Waals surface area contributed by atoms with Gasteiger partial charge in [0.25, 0.3) is 0 Å². The van der Waals surface area contributed by atoms with Gasteiger partial charge in [0.05, 0.1) is 144 Å². The van der Waals surface area contributed by atoms with Gasteiger partial charge in [-0.1, -0.05) is 19.4 Å². The summed E-state index contributed by atoms with van der Waals surface area (Å²) in [4.78, 5) is 21.2. The Bertz CT molecular complexity index is 1650. The molecule has 4 rings (SSSR count). The predicted molar refractivity (Wildman–Crippen MR) is 242 cm³/mol. The number of hydrogen-bond acceptors (Lipinski definition) is 17. The Morgan fingerprint density at radius 2 is 1.08 bits per heavy atom. The lowest BCUT2D eigenvalue weighted by atomic mass is 10.1. The maximum atomic E-state index is 11.6. The smallest absolute Gasteiger partial charge is 0.308 e. The van der Waals surface area contributed by atoms with Crippen molar-refractivity contribution in [3.63, 3.8) is 0 Å². The molecule has 18 nitrogen and oxygen atoms in total. The summed E-state index contributed by atoms with van der Waals surface area (Å²) in [7, 11) is 0. The number of aryl methyl sites for hydroxylation is 1. The van der Waals surface area contributed by atoms with Crippen molar-refractivity contribution in [3.8, 4) is 0 Å². The van der Waals surface area contributed by atoms with E-state index in [-0.39, 0.29) is 12.4 Å². The van der Waals surface area contributed by atoms with Crippen LogP contribution in [-0.4, -0.2) is 196 Å². The molecule has 0 bridgehead atoms. The van der Waals surface area contributed by atoms with E-state index in [1.165, 1.54) is 5.69 Å². The van der Waals surface area contributed by atoms with Crippen molar-refractivity contribution in [2.75, 3.05) is 175 Å². The molecule has 1 fully saturated rings. The lowest BCUT2D eigenvalue weighted by Gasteiger charge is -2.36. The second-order valence-corrected chi connectivity index (χ2v) is 16.0. The molecular formula is C45H76N6O12. The van der Waals surface area contributed by atoms with Crippen molar-refractivity contribution >= 4 is 39.3 Å². The van der Waals surface area contributed by atoms with Gasteiger partial charge in [0.15, 0.2) is 5.82 Å². The van der Waals surface area contributed by atoms with E-state index in [4.69, 9.17) is 62.8 Å². The number of anilines is 2. The number of carbonyl (C=O) groups is 1. The number of aromatic nitrogens is 3. The zero-order valence-electron chi connectivity index (χ0n) is 38.5. The average molecular weight is 893 g/mol. The summed E-state index contributed by atoms with van der Waals surface area (Å²) < 4.78 is 62.7. The van der Waals surface area contributed by atoms with Gasteiger partial charge < -0.3 is 62.7 Å². The first-order chi connectivity index (χ1) is 30.7. The fourth-order valence-electron chi connectivity index (χ4n) is 6.51. The number of fused-ring (bicyclic) bond motifs is 3. The van der Waals surface area contributed by atoms with Crippen molar-refractivity contribution in [2.24, 2.45) is 0 Å². The fraction of sp³-hybridized carbons (Fsp3) is 0.756. The van der Waals surface area contributed by atoms with Crippen LogP contribution in [0.15, 0.2) is 24.4 Å². The number of carbonyl (C=O) groups excluding carboxylic acids is 1. The molecule has 2 aromatic heterocycles. The minimum atomic E-state index is -0.478. The number of rotatable bonds is 37. The van der Waals surface area contributed by atoms with Crippen LogP contribution >= 0.6 is 0 Å². The van der Waals surface area contributed by atoms with Gasteiger partial charge in [-0.2, -0.15) is 5.10 Å². The predicted octanol–water partition coefficient (Wildman–Crippen LogP) is 3.99. The topological polar surface area (TPSA) is 182 Å². The third kappa shape index (κ3) is 22.5. The van der Waals surface area contributed by atoms with Crippen LogP contribution in [0.25, 0.3) is 21.8 Å². The Balaban J connectivity index is 0.829. The summed E-state index contributed by atoms with van der Waals surface area (Å²) in [5, 5.41) is 6.84. The lowest BCUT2D eigenvalue weighted by Crippen LogP contribution is -2.47. The number of nitrogens with zero attached hydrogens (tertiary/aromatic N) is 5. The van der Waals surface area contributed by atoms with E-state index in [1.54, 1.807) is 0 Å². The summed E-state index contributed by atoms with van der Waals surface area (Å²) in [6.45, 7) is 23.2. The lowest BCUT2D eigenvalue weighted by molar-refractivity contribution is -0.156. The zero-order valence-corrected chi connectivity index (χ0v) is 38.5. The van der Waals surface area contributed by atoms with E-state index in [0.717, 1.165) is 73.9 Å². The second kappa shape index (κ2) is 31.6. The fourth-order valence-corrected chi connectivity index (χ4v) is 6.51. The quantitative estimate of drug-likeness (QED) is 0.0648. The Hall–Kier alpha value is -3.27. The van der Waals surface area contributed by atoms with E-state index >= 15 is 0 Å². The van der Waals surface area contributed by atoms with Crippen LogP contribution in [-0.2, 0) is 63.4 Å². The summed E-state index contributed by atoms with van der Waals surface area (Å²) in [5.74, 6) is 0.222. The van der Waals surface area contributed by atoms with Crippen molar-refractivity contribution in [1.82, 2.24) is 19.7 Å². The van der Waals surface area contributed by atoms with E-state index in [2.05, 4.69) is 46.2 Å². The molecular weight excluding hydrogens is 817 g/mol. The molecule has 0 aliphatic carbocycles. The molecule has 1 aromatic carbocycles. The van der Waals surface area contributed by atoms with E-state index < -0.39 is 5.60 Å². The zero-order chi connectivity index (χ0) is 44.8. The number of piperazine rings is 1. The van der Waals surface area contributed by atoms with E-state index in [9.17, 15) is 4.79 Å². The third-order valence-corrected chi connectivity index (χ3v) is 9.77. The van der Waals surface area contributed by atoms with Crippen LogP contribution < -0.4 is 10.6 Å². The molecule has 3 aromatic rings. The highest BCUT2D eigenvalue weighted by Gasteiger charge is 2.19. The van der Waals surface area contributed by atoms with Crippen molar-refractivity contribution in [3.05, 3.63) is 24.4 Å². The Morgan fingerprint density at radius 1 is 0.619 bits per heavy atom. The minimum Gasteiger partial charge on any atom is -0.460 e. The molecule has 1 aliphatic heterocycles. The first-order valence-corrected chi connectivity index (χ1v) is 22.8. The highest BCUT2D eigenvalue weighted by Crippen LogP contribution is 2.30. The minimum absolute atomic E-state index is 0.230. The maximum absolute atomic E-state index is 11.6. The summed E-state index contributed by atoms with van der Waals surface area (Å²) in [6.07, 6.45) is 4.54. The molecule has 358 valence electrons. The van der Waals surface area contributed by atoms with Crippen LogP contribution in [0.1, 0.15) is 47.0 Å². The molecule has 0 amide bonds. The van der Waals surface area contributed by atoms with Gasteiger partial charge >= 0.3 is 5.97 Å². The van der Waals surface area contributed by atoms with Gasteiger partial charge in [-0.15, -0.1) is 0 Å².